The number of amides is 1. The van der Waals surface area contributed by atoms with Gasteiger partial charge < -0.3 is 14.5 Å². The summed E-state index contributed by atoms with van der Waals surface area (Å²) in [6.07, 6.45) is 2.12. The zero-order valence-corrected chi connectivity index (χ0v) is 13.2. The molecule has 0 N–H and O–H groups in total. The van der Waals surface area contributed by atoms with Crippen molar-refractivity contribution in [3.05, 3.63) is 18.1 Å². The number of hydrogen-bond donors (Lipinski definition) is 0. The van der Waals surface area contributed by atoms with Crippen molar-refractivity contribution in [2.45, 2.75) is 32.8 Å². The molecule has 1 aliphatic rings. The summed E-state index contributed by atoms with van der Waals surface area (Å²) in [6.45, 7) is 8.24. The van der Waals surface area contributed by atoms with Crippen molar-refractivity contribution in [3.63, 3.8) is 0 Å². The molecule has 0 unspecified atom stereocenters. The largest absolute Gasteiger partial charge is 0.444 e. The first-order chi connectivity index (χ1) is 10.4. The predicted molar refractivity (Wildman–Crippen MR) is 81.4 cm³/mol. The zero-order valence-electron chi connectivity index (χ0n) is 13.2. The molecule has 0 aliphatic carbocycles. The van der Waals surface area contributed by atoms with Crippen LogP contribution in [0, 0.1) is 11.3 Å². The highest BCUT2D eigenvalue weighted by atomic mass is 16.6. The van der Waals surface area contributed by atoms with Gasteiger partial charge in [-0.2, -0.15) is 5.26 Å². The van der Waals surface area contributed by atoms with Gasteiger partial charge in [-0.1, -0.05) is 0 Å². The van der Waals surface area contributed by atoms with Crippen LogP contribution >= 0.6 is 0 Å². The number of nitriles is 1. The van der Waals surface area contributed by atoms with Gasteiger partial charge in [0.05, 0.1) is 0 Å². The lowest BCUT2D eigenvalue weighted by molar-refractivity contribution is 0.0263. The minimum atomic E-state index is -0.489. The van der Waals surface area contributed by atoms with Crippen LogP contribution in [-0.2, 0) is 4.74 Å². The molecular formula is C15H21N5O2. The van der Waals surface area contributed by atoms with Gasteiger partial charge >= 0.3 is 6.09 Å². The molecule has 7 nitrogen and oxygen atoms in total. The van der Waals surface area contributed by atoms with E-state index in [0.717, 1.165) is 18.8 Å². The fourth-order valence-corrected chi connectivity index (χ4v) is 2.23. The molecule has 118 valence electrons. The van der Waals surface area contributed by atoms with Gasteiger partial charge in [-0.15, -0.1) is 0 Å². The normalized spacial score (nSPS) is 15.9. The topological polar surface area (TPSA) is 82.4 Å². The third kappa shape index (κ3) is 4.32. The molecule has 1 saturated heterocycles. The smallest absolute Gasteiger partial charge is 0.410 e. The average Bonchev–Trinajstić information content (AvgIpc) is 2.71. The van der Waals surface area contributed by atoms with E-state index < -0.39 is 5.60 Å². The van der Waals surface area contributed by atoms with Crippen LogP contribution in [0.3, 0.4) is 0 Å². The molecule has 0 atom stereocenters. The van der Waals surface area contributed by atoms with Crippen LogP contribution in [0.15, 0.2) is 12.3 Å². The van der Waals surface area contributed by atoms with Crippen molar-refractivity contribution < 1.29 is 9.53 Å². The Morgan fingerprint density at radius 3 is 2.77 bits per heavy atom. The number of aromatic nitrogens is 2. The Labute approximate surface area is 130 Å². The van der Waals surface area contributed by atoms with Gasteiger partial charge in [0, 0.05) is 32.4 Å². The maximum absolute atomic E-state index is 12.1. The fraction of sp³-hybridized carbons (Fsp3) is 0.600. The molecule has 1 aliphatic heterocycles. The van der Waals surface area contributed by atoms with Crippen LogP contribution in [0.1, 0.15) is 33.0 Å². The van der Waals surface area contributed by atoms with Crippen LogP contribution in [0.2, 0.25) is 0 Å². The van der Waals surface area contributed by atoms with Crippen molar-refractivity contribution in [2.75, 3.05) is 31.1 Å². The summed E-state index contributed by atoms with van der Waals surface area (Å²) >= 11 is 0. The van der Waals surface area contributed by atoms with Gasteiger partial charge in [0.25, 0.3) is 0 Å². The minimum Gasteiger partial charge on any atom is -0.444 e. The maximum atomic E-state index is 12.1. The Hall–Kier alpha value is -2.36. The fourth-order valence-electron chi connectivity index (χ4n) is 2.23. The monoisotopic (exact) mass is 303 g/mol. The molecule has 2 heterocycles. The SMILES string of the molecule is CC(C)(C)OC(=O)N1CCCN(c2ccnc(C#N)n2)CC1. The van der Waals surface area contributed by atoms with E-state index >= 15 is 0 Å². The quantitative estimate of drug-likeness (QED) is 0.786. The standard InChI is InChI=1S/C15H21N5O2/c1-15(2,3)22-14(21)20-8-4-7-19(9-10-20)13-5-6-17-12(11-16)18-13/h5-6H,4,7-10H2,1-3H3. The van der Waals surface area contributed by atoms with Gasteiger partial charge in [-0.3, -0.25) is 0 Å². The zero-order chi connectivity index (χ0) is 16.2. The number of hydrogen-bond acceptors (Lipinski definition) is 6. The first-order valence-electron chi connectivity index (χ1n) is 7.35. The van der Waals surface area contributed by atoms with Crippen molar-refractivity contribution in [3.8, 4) is 6.07 Å². The van der Waals surface area contributed by atoms with E-state index in [9.17, 15) is 4.79 Å². The van der Waals surface area contributed by atoms with Crippen molar-refractivity contribution >= 4 is 11.9 Å². The highest BCUT2D eigenvalue weighted by Gasteiger charge is 2.24. The second-order valence-corrected chi connectivity index (χ2v) is 6.16. The number of carbonyl (C=O) groups excluding carboxylic acids is 1. The number of carbonyl (C=O) groups is 1. The maximum Gasteiger partial charge on any atom is 0.410 e. The van der Waals surface area contributed by atoms with Gasteiger partial charge in [-0.05, 0) is 33.3 Å². The van der Waals surface area contributed by atoms with Crippen molar-refractivity contribution in [1.82, 2.24) is 14.9 Å². The summed E-state index contributed by atoms with van der Waals surface area (Å²) in [5.41, 5.74) is -0.489. The lowest BCUT2D eigenvalue weighted by Crippen LogP contribution is -2.39. The molecule has 0 bridgehead atoms. The molecule has 2 rings (SSSR count). The second-order valence-electron chi connectivity index (χ2n) is 6.16. The molecular weight excluding hydrogens is 282 g/mol. The van der Waals surface area contributed by atoms with Crippen molar-refractivity contribution in [1.29, 1.82) is 5.26 Å². The number of anilines is 1. The summed E-state index contributed by atoms with van der Waals surface area (Å²) in [6, 6.07) is 3.72. The summed E-state index contributed by atoms with van der Waals surface area (Å²) in [4.78, 5) is 24.0. The summed E-state index contributed by atoms with van der Waals surface area (Å²) in [5, 5.41) is 8.88. The van der Waals surface area contributed by atoms with Crippen LogP contribution < -0.4 is 4.90 Å². The molecule has 1 aromatic rings. The van der Waals surface area contributed by atoms with Gasteiger partial charge in [0.1, 0.15) is 17.5 Å². The highest BCUT2D eigenvalue weighted by molar-refractivity contribution is 5.68. The molecule has 22 heavy (non-hydrogen) atoms. The number of rotatable bonds is 1. The Bertz CT molecular complexity index is 576. The van der Waals surface area contributed by atoms with E-state index in [1.807, 2.05) is 26.8 Å². The third-order valence-electron chi connectivity index (χ3n) is 3.21. The highest BCUT2D eigenvalue weighted by Crippen LogP contribution is 2.15. The van der Waals surface area contributed by atoms with E-state index in [-0.39, 0.29) is 11.9 Å². The van der Waals surface area contributed by atoms with E-state index in [2.05, 4.69) is 14.9 Å². The first kappa shape index (κ1) is 16.0. The first-order valence-corrected chi connectivity index (χ1v) is 7.35. The Morgan fingerprint density at radius 2 is 2.09 bits per heavy atom. The Balaban J connectivity index is 2.00. The molecule has 0 spiro atoms. The van der Waals surface area contributed by atoms with Gasteiger partial charge in [-0.25, -0.2) is 14.8 Å². The second kappa shape index (κ2) is 6.60. The van der Waals surface area contributed by atoms with Crippen molar-refractivity contribution in [2.24, 2.45) is 0 Å². The molecule has 0 saturated carbocycles. The molecule has 7 heteroatoms. The Kier molecular flexibility index (Phi) is 4.81. The Morgan fingerprint density at radius 1 is 1.32 bits per heavy atom. The van der Waals surface area contributed by atoms with Gasteiger partial charge in [0.2, 0.25) is 5.82 Å². The summed E-state index contributed by atoms with van der Waals surface area (Å²) in [7, 11) is 0. The van der Waals surface area contributed by atoms with E-state index in [4.69, 9.17) is 10.00 Å². The molecule has 1 fully saturated rings. The minimum absolute atomic E-state index is 0.158. The van der Waals surface area contributed by atoms with E-state index in [0.29, 0.717) is 19.6 Å². The lowest BCUT2D eigenvalue weighted by atomic mass is 10.2. The van der Waals surface area contributed by atoms with Crippen LogP contribution in [0.5, 0.6) is 0 Å². The lowest BCUT2D eigenvalue weighted by Gasteiger charge is -2.26. The van der Waals surface area contributed by atoms with E-state index in [1.54, 1.807) is 17.2 Å². The number of nitrogens with zero attached hydrogens (tertiary/aromatic N) is 5. The molecule has 1 aromatic heterocycles. The van der Waals surface area contributed by atoms with Gasteiger partial charge in [0.15, 0.2) is 0 Å². The molecule has 0 radical (unpaired) electrons. The summed E-state index contributed by atoms with van der Waals surface area (Å²) in [5.74, 6) is 0.878. The average molecular weight is 303 g/mol. The van der Waals surface area contributed by atoms with E-state index in [1.165, 1.54) is 0 Å². The predicted octanol–water partition coefficient (Wildman–Crippen LogP) is 1.80. The molecule has 0 aromatic carbocycles. The molecule has 1 amide bonds. The third-order valence-corrected chi connectivity index (χ3v) is 3.21. The van der Waals surface area contributed by atoms with Crippen LogP contribution in [-0.4, -0.2) is 52.7 Å². The van der Waals surface area contributed by atoms with Crippen LogP contribution in [0.4, 0.5) is 10.6 Å². The number of ether oxygens (including phenoxy) is 1. The summed E-state index contributed by atoms with van der Waals surface area (Å²) < 4.78 is 5.41. The van der Waals surface area contributed by atoms with Crippen LogP contribution in [0.25, 0.3) is 0 Å².